The highest BCUT2D eigenvalue weighted by atomic mass is 35.5. The predicted molar refractivity (Wildman–Crippen MR) is 107 cm³/mol. The lowest BCUT2D eigenvalue weighted by Crippen LogP contribution is -2.25. The maximum Gasteiger partial charge on any atom is 0.230 e. The van der Waals surface area contributed by atoms with Crippen LogP contribution in [0.5, 0.6) is 0 Å². The van der Waals surface area contributed by atoms with Crippen LogP contribution in [0.25, 0.3) is 16.6 Å². The van der Waals surface area contributed by atoms with Gasteiger partial charge in [0, 0.05) is 22.6 Å². The first-order valence-corrected chi connectivity index (χ1v) is 9.10. The van der Waals surface area contributed by atoms with Gasteiger partial charge in [-0.3, -0.25) is 18.7 Å². The Morgan fingerprint density at radius 1 is 1.25 bits per heavy atom. The molecule has 4 rings (SSSR count). The summed E-state index contributed by atoms with van der Waals surface area (Å²) >= 11 is 6.08. The van der Waals surface area contributed by atoms with Crippen molar-refractivity contribution in [2.45, 2.75) is 26.3 Å². The number of hydrogen-bond acceptors (Lipinski definition) is 5. The number of halogens is 1. The molecule has 0 aliphatic rings. The second kappa shape index (κ2) is 7.05. The molecule has 0 spiro atoms. The fraction of sp³-hybridized carbons (Fsp3) is 0.211. The van der Waals surface area contributed by atoms with E-state index in [1.165, 1.54) is 0 Å². The van der Waals surface area contributed by atoms with Gasteiger partial charge >= 0.3 is 0 Å². The average Bonchev–Trinajstić information content (AvgIpc) is 3.11. The maximum absolute atomic E-state index is 12.8. The molecule has 3 heterocycles. The van der Waals surface area contributed by atoms with Gasteiger partial charge in [0.25, 0.3) is 0 Å². The van der Waals surface area contributed by atoms with Crippen molar-refractivity contribution in [1.82, 2.24) is 24.4 Å². The largest absolute Gasteiger partial charge is 0.324 e. The third-order valence-corrected chi connectivity index (χ3v) is 4.57. The number of benzene rings is 1. The van der Waals surface area contributed by atoms with Crippen LogP contribution in [0.2, 0.25) is 5.02 Å². The second-order valence-corrected chi connectivity index (χ2v) is 7.15. The molecule has 1 N–H and O–H groups in total. The number of fused-ring (bicyclic) bond motifs is 2. The van der Waals surface area contributed by atoms with Crippen LogP contribution in [-0.4, -0.2) is 30.3 Å². The molecule has 0 atom stereocenters. The summed E-state index contributed by atoms with van der Waals surface area (Å²) in [4.78, 5) is 25.3. The van der Waals surface area contributed by atoms with E-state index in [1.807, 2.05) is 13.8 Å². The van der Waals surface area contributed by atoms with E-state index in [0.717, 1.165) is 0 Å². The Kier molecular flexibility index (Phi) is 4.56. The smallest absolute Gasteiger partial charge is 0.230 e. The number of nitrogens with zero attached hydrogens (tertiary/aromatic N) is 5. The van der Waals surface area contributed by atoms with Gasteiger partial charge in [-0.15, -0.1) is 10.2 Å². The van der Waals surface area contributed by atoms with Crippen molar-refractivity contribution in [3.63, 3.8) is 0 Å². The quantitative estimate of drug-likeness (QED) is 0.572. The summed E-state index contributed by atoms with van der Waals surface area (Å²) in [6.07, 6.45) is 3.11. The summed E-state index contributed by atoms with van der Waals surface area (Å²) in [5, 5.41) is 15.9. The molecule has 4 aromatic rings. The molecule has 0 bridgehead atoms. The van der Waals surface area contributed by atoms with Gasteiger partial charge in [-0.2, -0.15) is 5.10 Å². The molecule has 8 nitrogen and oxygen atoms in total. The van der Waals surface area contributed by atoms with Crippen LogP contribution in [-0.2, 0) is 11.2 Å². The minimum absolute atomic E-state index is 0.000439. The number of hydrogen-bond donors (Lipinski definition) is 1. The van der Waals surface area contributed by atoms with E-state index < -0.39 is 0 Å². The molecule has 0 aliphatic heterocycles. The first-order valence-electron chi connectivity index (χ1n) is 8.72. The fourth-order valence-corrected chi connectivity index (χ4v) is 3.21. The van der Waals surface area contributed by atoms with Crippen LogP contribution in [0, 0.1) is 0 Å². The lowest BCUT2D eigenvalue weighted by atomic mass is 10.1. The van der Waals surface area contributed by atoms with Crippen LogP contribution in [0.15, 0.2) is 47.7 Å². The zero-order valence-corrected chi connectivity index (χ0v) is 16.0. The Labute approximate surface area is 164 Å². The van der Waals surface area contributed by atoms with Gasteiger partial charge in [0.05, 0.1) is 17.6 Å². The Bertz CT molecular complexity index is 1260. The molecule has 28 heavy (non-hydrogen) atoms. The number of amides is 1. The second-order valence-electron chi connectivity index (χ2n) is 6.71. The molecule has 0 fully saturated rings. The highest BCUT2D eigenvalue weighted by Gasteiger charge is 2.16. The summed E-state index contributed by atoms with van der Waals surface area (Å²) in [6.45, 7) is 3.91. The summed E-state index contributed by atoms with van der Waals surface area (Å²) in [5.74, 6) is -0.333. The molecule has 142 valence electrons. The summed E-state index contributed by atoms with van der Waals surface area (Å²) in [5.41, 5.74) is 1.82. The number of rotatable bonds is 4. The molecule has 3 aromatic heterocycles. The van der Waals surface area contributed by atoms with Crippen LogP contribution in [0.3, 0.4) is 0 Å². The first kappa shape index (κ1) is 18.1. The third kappa shape index (κ3) is 3.34. The lowest BCUT2D eigenvalue weighted by Gasteiger charge is -2.15. The number of carbonyl (C=O) groups is 1. The minimum Gasteiger partial charge on any atom is -0.324 e. The van der Waals surface area contributed by atoms with Crippen LogP contribution < -0.4 is 10.7 Å². The zero-order valence-electron chi connectivity index (χ0n) is 15.3. The molecule has 1 aromatic carbocycles. The van der Waals surface area contributed by atoms with Gasteiger partial charge in [-0.05, 0) is 44.2 Å². The molecule has 0 radical (unpaired) electrons. The van der Waals surface area contributed by atoms with Gasteiger partial charge < -0.3 is 5.32 Å². The van der Waals surface area contributed by atoms with Crippen molar-refractivity contribution in [1.29, 1.82) is 0 Å². The first-order chi connectivity index (χ1) is 13.4. The van der Waals surface area contributed by atoms with Crippen LogP contribution >= 0.6 is 11.6 Å². The number of nitrogens with one attached hydrogen (secondary N) is 1. The van der Waals surface area contributed by atoms with E-state index in [4.69, 9.17) is 11.6 Å². The Hall–Kier alpha value is -3.26. The molecular weight excluding hydrogens is 380 g/mol. The highest BCUT2D eigenvalue weighted by molar-refractivity contribution is 6.31. The Balaban J connectivity index is 1.66. The fourth-order valence-electron chi connectivity index (χ4n) is 3.04. The number of anilines is 1. The molecule has 0 aliphatic carbocycles. The maximum atomic E-state index is 12.8. The van der Waals surface area contributed by atoms with E-state index in [2.05, 4.69) is 20.6 Å². The molecule has 0 saturated heterocycles. The van der Waals surface area contributed by atoms with Crippen molar-refractivity contribution in [2.24, 2.45) is 0 Å². The third-order valence-electron chi connectivity index (χ3n) is 4.33. The van der Waals surface area contributed by atoms with Crippen molar-refractivity contribution in [3.05, 3.63) is 63.8 Å². The van der Waals surface area contributed by atoms with Gasteiger partial charge in [-0.25, -0.2) is 0 Å². The van der Waals surface area contributed by atoms with Crippen molar-refractivity contribution in [2.75, 3.05) is 5.32 Å². The van der Waals surface area contributed by atoms with E-state index >= 15 is 0 Å². The number of aromatic nitrogens is 5. The van der Waals surface area contributed by atoms with Crippen molar-refractivity contribution >= 4 is 39.7 Å². The van der Waals surface area contributed by atoms with Gasteiger partial charge in [0.15, 0.2) is 5.65 Å². The Morgan fingerprint density at radius 3 is 2.86 bits per heavy atom. The van der Waals surface area contributed by atoms with Crippen molar-refractivity contribution < 1.29 is 4.79 Å². The molecule has 0 saturated carbocycles. The number of pyridine rings is 1. The minimum atomic E-state index is -0.333. The summed E-state index contributed by atoms with van der Waals surface area (Å²) < 4.78 is 3.41. The summed E-state index contributed by atoms with van der Waals surface area (Å²) in [6, 6.07) is 8.51. The predicted octanol–water partition coefficient (Wildman–Crippen LogP) is 2.85. The highest BCUT2D eigenvalue weighted by Crippen LogP contribution is 2.19. The van der Waals surface area contributed by atoms with Gasteiger partial charge in [-0.1, -0.05) is 11.6 Å². The monoisotopic (exact) mass is 396 g/mol. The van der Waals surface area contributed by atoms with Crippen molar-refractivity contribution in [3.8, 4) is 0 Å². The lowest BCUT2D eigenvalue weighted by molar-refractivity contribution is -0.115. The zero-order chi connectivity index (χ0) is 19.8. The van der Waals surface area contributed by atoms with Crippen LogP contribution in [0.4, 0.5) is 5.69 Å². The standard InChI is InChI=1S/C19H17ClN6O2/c1-11(2)26-16-7-12(20)3-5-14(16)19(28)15(24-26)8-18(27)22-13-4-6-17-23-21-10-25(17)9-13/h3-7,9-11H,8H2,1-2H3,(H,22,27). The van der Waals surface area contributed by atoms with Gasteiger partial charge in [0.2, 0.25) is 11.3 Å². The average molecular weight is 397 g/mol. The van der Waals surface area contributed by atoms with Gasteiger partial charge in [0.1, 0.15) is 12.0 Å². The normalized spacial score (nSPS) is 11.4. The number of carbonyl (C=O) groups excluding carboxylic acids is 1. The SMILES string of the molecule is CC(C)n1nc(CC(=O)Nc2ccc3nncn3c2)c(=O)c2ccc(Cl)cc21. The molecule has 1 amide bonds. The summed E-state index contributed by atoms with van der Waals surface area (Å²) in [7, 11) is 0. The van der Waals surface area contributed by atoms with E-state index in [9.17, 15) is 9.59 Å². The molecule has 0 unspecified atom stereocenters. The van der Waals surface area contributed by atoms with E-state index in [0.29, 0.717) is 27.3 Å². The molecule has 9 heteroatoms. The topological polar surface area (TPSA) is 94.2 Å². The molecular formula is C19H17ClN6O2. The Morgan fingerprint density at radius 2 is 2.07 bits per heavy atom. The van der Waals surface area contributed by atoms with E-state index in [1.54, 1.807) is 51.9 Å². The van der Waals surface area contributed by atoms with Crippen LogP contribution in [0.1, 0.15) is 25.6 Å². The van der Waals surface area contributed by atoms with E-state index in [-0.39, 0.29) is 29.5 Å².